The summed E-state index contributed by atoms with van der Waals surface area (Å²) in [6, 6.07) is 12.2. The van der Waals surface area contributed by atoms with Crippen LogP contribution in [0.5, 0.6) is 11.6 Å². The Hall–Kier alpha value is -2.23. The number of methoxy groups -OCH3 is 1. The van der Waals surface area contributed by atoms with Gasteiger partial charge in [0.25, 0.3) is 0 Å². The first-order valence-electron chi connectivity index (χ1n) is 7.26. The fourth-order valence-electron chi connectivity index (χ4n) is 2.20. The number of hydrogen-bond donors (Lipinski definition) is 1. The van der Waals surface area contributed by atoms with E-state index in [0.717, 1.165) is 17.9 Å². The summed E-state index contributed by atoms with van der Waals surface area (Å²) in [5, 5.41) is 3.51. The summed E-state index contributed by atoms with van der Waals surface area (Å²) in [7, 11) is 1.68. The zero-order chi connectivity index (χ0) is 15.1. The highest BCUT2D eigenvalue weighted by Gasteiger charge is 2.12. The quantitative estimate of drug-likeness (QED) is 0.834. The molecule has 1 heterocycles. The Morgan fingerprint density at radius 2 is 1.90 bits per heavy atom. The Morgan fingerprint density at radius 1 is 1.14 bits per heavy atom. The molecule has 0 saturated heterocycles. The van der Waals surface area contributed by atoms with Gasteiger partial charge in [0.1, 0.15) is 5.75 Å². The molecular weight excluding hydrogens is 264 g/mol. The zero-order valence-electron chi connectivity index (χ0n) is 12.8. The van der Waals surface area contributed by atoms with Crippen LogP contribution in [0.2, 0.25) is 0 Å². The minimum absolute atomic E-state index is 0.208. The van der Waals surface area contributed by atoms with Crippen molar-refractivity contribution < 1.29 is 9.47 Å². The molecule has 0 bridgehead atoms. The van der Waals surface area contributed by atoms with E-state index in [0.29, 0.717) is 12.5 Å². The average Bonchev–Trinajstić information content (AvgIpc) is 2.54. The molecule has 0 amide bonds. The van der Waals surface area contributed by atoms with Crippen LogP contribution in [-0.4, -0.2) is 18.7 Å². The minimum atomic E-state index is 0.208. The topological polar surface area (TPSA) is 43.4 Å². The van der Waals surface area contributed by atoms with E-state index < -0.39 is 0 Å². The molecule has 4 heteroatoms. The Balaban J connectivity index is 2.18. The number of ether oxygens (including phenoxy) is 2. The molecule has 1 atom stereocenters. The molecule has 1 aromatic carbocycles. The highest BCUT2D eigenvalue weighted by molar-refractivity contribution is 5.53. The highest BCUT2D eigenvalue weighted by Crippen LogP contribution is 2.28. The Kier molecular flexibility index (Phi) is 5.43. The molecule has 0 aliphatic carbocycles. The number of pyridine rings is 1. The van der Waals surface area contributed by atoms with E-state index >= 15 is 0 Å². The van der Waals surface area contributed by atoms with Crippen molar-refractivity contribution in [1.82, 2.24) is 4.98 Å². The summed E-state index contributed by atoms with van der Waals surface area (Å²) in [6.07, 6.45) is 2.71. The van der Waals surface area contributed by atoms with Crippen LogP contribution in [0.15, 0.2) is 42.6 Å². The fourth-order valence-corrected chi connectivity index (χ4v) is 2.20. The molecule has 1 N–H and O–H groups in total. The van der Waals surface area contributed by atoms with Gasteiger partial charge in [0, 0.05) is 6.20 Å². The summed E-state index contributed by atoms with van der Waals surface area (Å²) in [4.78, 5) is 4.27. The first kappa shape index (κ1) is 15.2. The predicted octanol–water partition coefficient (Wildman–Crippen LogP) is 4.05. The Bertz CT molecular complexity index is 555. The van der Waals surface area contributed by atoms with Crippen LogP contribution in [0.3, 0.4) is 0 Å². The van der Waals surface area contributed by atoms with Crippen molar-refractivity contribution in [3.63, 3.8) is 0 Å². The number of hydrogen-bond acceptors (Lipinski definition) is 4. The van der Waals surface area contributed by atoms with Crippen LogP contribution in [0.4, 0.5) is 5.69 Å². The van der Waals surface area contributed by atoms with Gasteiger partial charge in [0.05, 0.1) is 25.4 Å². The maximum atomic E-state index is 5.56. The van der Waals surface area contributed by atoms with Gasteiger partial charge in [-0.15, -0.1) is 0 Å². The molecule has 21 heavy (non-hydrogen) atoms. The third-order valence-corrected chi connectivity index (χ3v) is 3.31. The summed E-state index contributed by atoms with van der Waals surface area (Å²) in [5.74, 6) is 1.51. The van der Waals surface area contributed by atoms with E-state index in [2.05, 4.69) is 29.4 Å². The van der Waals surface area contributed by atoms with Gasteiger partial charge in [-0.3, -0.25) is 0 Å². The zero-order valence-corrected chi connectivity index (χ0v) is 12.8. The molecule has 112 valence electrons. The molecule has 0 radical (unpaired) electrons. The van der Waals surface area contributed by atoms with Crippen LogP contribution in [0, 0.1) is 0 Å². The van der Waals surface area contributed by atoms with Crippen LogP contribution in [-0.2, 0) is 0 Å². The Labute approximate surface area is 126 Å². The molecule has 1 aromatic heterocycles. The molecule has 0 fully saturated rings. The van der Waals surface area contributed by atoms with Crippen LogP contribution in [0.25, 0.3) is 0 Å². The van der Waals surface area contributed by atoms with Gasteiger partial charge in [0.2, 0.25) is 5.88 Å². The lowest BCUT2D eigenvalue weighted by Gasteiger charge is -2.20. The molecule has 4 nitrogen and oxygen atoms in total. The summed E-state index contributed by atoms with van der Waals surface area (Å²) in [5.41, 5.74) is 2.13. The third-order valence-electron chi connectivity index (χ3n) is 3.31. The van der Waals surface area contributed by atoms with Gasteiger partial charge in [-0.05, 0) is 43.2 Å². The van der Waals surface area contributed by atoms with Crippen molar-refractivity contribution in [3.05, 3.63) is 48.2 Å². The second-order valence-electron chi connectivity index (χ2n) is 4.67. The molecular formula is C17H22N2O2. The molecule has 0 aliphatic rings. The number of benzene rings is 1. The molecule has 0 spiro atoms. The highest BCUT2D eigenvalue weighted by atomic mass is 16.5. The van der Waals surface area contributed by atoms with E-state index in [4.69, 9.17) is 9.47 Å². The van der Waals surface area contributed by atoms with Crippen LogP contribution >= 0.6 is 0 Å². The van der Waals surface area contributed by atoms with Gasteiger partial charge in [-0.1, -0.05) is 19.1 Å². The monoisotopic (exact) mass is 286 g/mol. The molecule has 0 saturated carbocycles. The number of nitrogens with one attached hydrogen (secondary N) is 1. The Morgan fingerprint density at radius 3 is 2.52 bits per heavy atom. The van der Waals surface area contributed by atoms with Gasteiger partial charge >= 0.3 is 0 Å². The van der Waals surface area contributed by atoms with Crippen molar-refractivity contribution in [2.75, 3.05) is 19.0 Å². The van der Waals surface area contributed by atoms with E-state index in [1.807, 2.05) is 31.2 Å². The predicted molar refractivity (Wildman–Crippen MR) is 85.1 cm³/mol. The number of aromatic nitrogens is 1. The summed E-state index contributed by atoms with van der Waals surface area (Å²) in [6.45, 7) is 4.71. The second kappa shape index (κ2) is 7.53. The van der Waals surface area contributed by atoms with Crippen molar-refractivity contribution in [2.45, 2.75) is 26.3 Å². The van der Waals surface area contributed by atoms with Crippen molar-refractivity contribution in [2.24, 2.45) is 0 Å². The van der Waals surface area contributed by atoms with Crippen LogP contribution in [0.1, 0.15) is 31.9 Å². The lowest BCUT2D eigenvalue weighted by atomic mass is 10.0. The third kappa shape index (κ3) is 3.88. The first-order valence-corrected chi connectivity index (χ1v) is 7.26. The van der Waals surface area contributed by atoms with Gasteiger partial charge in [0.15, 0.2) is 0 Å². The maximum absolute atomic E-state index is 5.56. The van der Waals surface area contributed by atoms with Gasteiger partial charge in [-0.25, -0.2) is 4.98 Å². The van der Waals surface area contributed by atoms with Crippen molar-refractivity contribution in [1.29, 1.82) is 0 Å². The molecule has 1 unspecified atom stereocenters. The normalized spacial score (nSPS) is 11.8. The summed E-state index contributed by atoms with van der Waals surface area (Å²) >= 11 is 0. The maximum Gasteiger partial charge on any atom is 0.237 e. The van der Waals surface area contributed by atoms with Crippen LogP contribution < -0.4 is 14.8 Å². The van der Waals surface area contributed by atoms with E-state index in [-0.39, 0.29) is 6.04 Å². The van der Waals surface area contributed by atoms with Gasteiger partial charge in [-0.2, -0.15) is 0 Å². The second-order valence-corrected chi connectivity index (χ2v) is 4.67. The standard InChI is InChI=1S/C17H22N2O2/c1-4-15(13-8-10-14(20-3)11-9-13)19-16-7-6-12-18-17(16)21-5-2/h6-12,15,19H,4-5H2,1-3H3. The number of anilines is 1. The number of nitrogens with zero attached hydrogens (tertiary/aromatic N) is 1. The molecule has 0 aliphatic heterocycles. The molecule has 2 aromatic rings. The van der Waals surface area contributed by atoms with Crippen molar-refractivity contribution in [3.8, 4) is 11.6 Å². The average molecular weight is 286 g/mol. The smallest absolute Gasteiger partial charge is 0.237 e. The van der Waals surface area contributed by atoms with Crippen molar-refractivity contribution >= 4 is 5.69 Å². The number of rotatable bonds is 7. The lowest BCUT2D eigenvalue weighted by molar-refractivity contribution is 0.328. The first-order chi connectivity index (χ1) is 10.3. The SMILES string of the molecule is CCOc1ncccc1NC(CC)c1ccc(OC)cc1. The molecule has 2 rings (SSSR count). The van der Waals surface area contributed by atoms with E-state index in [9.17, 15) is 0 Å². The van der Waals surface area contributed by atoms with E-state index in [1.165, 1.54) is 5.56 Å². The fraction of sp³-hybridized carbons (Fsp3) is 0.353. The van der Waals surface area contributed by atoms with Gasteiger partial charge < -0.3 is 14.8 Å². The largest absolute Gasteiger partial charge is 0.497 e. The van der Waals surface area contributed by atoms with E-state index in [1.54, 1.807) is 13.3 Å². The minimum Gasteiger partial charge on any atom is -0.497 e. The lowest BCUT2D eigenvalue weighted by Crippen LogP contribution is -2.11. The summed E-state index contributed by atoms with van der Waals surface area (Å²) < 4.78 is 10.8.